The van der Waals surface area contributed by atoms with E-state index < -0.39 is 0 Å². The molecule has 0 saturated carbocycles. The highest BCUT2D eigenvalue weighted by Gasteiger charge is 2.01. The molecule has 0 bridgehead atoms. The van der Waals surface area contributed by atoms with Crippen molar-refractivity contribution >= 4 is 5.97 Å². The number of rotatable bonds is 5. The lowest BCUT2D eigenvalue weighted by Crippen LogP contribution is -2.32. The molecule has 0 spiro atoms. The first-order chi connectivity index (χ1) is 5.56. The molecule has 0 aliphatic rings. The fourth-order valence-corrected chi connectivity index (χ4v) is 0.756. The smallest absolute Gasteiger partial charge is 0.331 e. The Balaban J connectivity index is 3.49. The molecule has 0 aliphatic heterocycles. The van der Waals surface area contributed by atoms with E-state index in [0.29, 0.717) is 6.73 Å². The van der Waals surface area contributed by atoms with Crippen LogP contribution in [0.5, 0.6) is 0 Å². The van der Waals surface area contributed by atoms with Gasteiger partial charge in [0.25, 0.3) is 0 Å². The van der Waals surface area contributed by atoms with Crippen molar-refractivity contribution in [2.75, 3.05) is 34.5 Å². The molecule has 0 aromatic rings. The maximum atomic E-state index is 10.6. The van der Waals surface area contributed by atoms with Gasteiger partial charge in [0.2, 0.25) is 0 Å². The van der Waals surface area contributed by atoms with E-state index in [9.17, 15) is 4.79 Å². The van der Waals surface area contributed by atoms with Crippen molar-refractivity contribution in [2.45, 2.75) is 0 Å². The molecule has 0 radical (unpaired) electrons. The highest BCUT2D eigenvalue weighted by atomic mass is 16.5. The summed E-state index contributed by atoms with van der Waals surface area (Å²) in [4.78, 5) is 14.5. The lowest BCUT2D eigenvalue weighted by molar-refractivity contribution is -0.142. The lowest BCUT2D eigenvalue weighted by Gasteiger charge is -2.20. The molecule has 12 heavy (non-hydrogen) atoms. The molecule has 0 N–H and O–H groups in total. The molecule has 0 amide bonds. The average Bonchev–Trinajstić information content (AvgIpc) is 1.99. The Hall–Kier alpha value is -0.870. The summed E-state index contributed by atoms with van der Waals surface area (Å²) in [5.41, 5.74) is 0. The van der Waals surface area contributed by atoms with Crippen LogP contribution in [0.4, 0.5) is 0 Å². The molecule has 0 aromatic carbocycles. The normalized spacial score (nSPS) is 10.4. The van der Waals surface area contributed by atoms with Gasteiger partial charge < -0.3 is 4.74 Å². The zero-order valence-electron chi connectivity index (χ0n) is 7.91. The van der Waals surface area contributed by atoms with Gasteiger partial charge in [0.05, 0.1) is 6.67 Å². The van der Waals surface area contributed by atoms with Gasteiger partial charge in [-0.15, -0.1) is 0 Å². The molecule has 0 saturated heterocycles. The predicted molar refractivity (Wildman–Crippen MR) is 47.5 cm³/mol. The summed E-state index contributed by atoms with van der Waals surface area (Å²) >= 11 is 0. The van der Waals surface area contributed by atoms with Crippen LogP contribution in [0.3, 0.4) is 0 Å². The number of hydrogen-bond donors (Lipinski definition) is 0. The Kier molecular flexibility index (Phi) is 5.32. The Morgan fingerprint density at radius 2 is 2.08 bits per heavy atom. The first-order valence-corrected chi connectivity index (χ1v) is 3.68. The number of esters is 1. The van der Waals surface area contributed by atoms with Crippen molar-refractivity contribution in [3.05, 3.63) is 12.7 Å². The van der Waals surface area contributed by atoms with E-state index in [4.69, 9.17) is 4.74 Å². The summed E-state index contributed by atoms with van der Waals surface area (Å²) < 4.78 is 4.80. The molecule has 0 rings (SSSR count). The molecule has 0 heterocycles. The second kappa shape index (κ2) is 5.74. The van der Waals surface area contributed by atoms with E-state index in [1.165, 1.54) is 0 Å². The van der Waals surface area contributed by atoms with Crippen LogP contribution in [0.15, 0.2) is 12.7 Å². The second-order valence-corrected chi connectivity index (χ2v) is 2.87. The van der Waals surface area contributed by atoms with Crippen LogP contribution in [0.1, 0.15) is 0 Å². The first-order valence-electron chi connectivity index (χ1n) is 3.68. The summed E-state index contributed by atoms with van der Waals surface area (Å²) in [5.74, 6) is -0.388. The van der Waals surface area contributed by atoms with E-state index in [-0.39, 0.29) is 5.97 Å². The Bertz CT molecular complexity index is 157. The van der Waals surface area contributed by atoms with Crippen LogP contribution in [0, 0.1) is 0 Å². The topological polar surface area (TPSA) is 32.8 Å². The summed E-state index contributed by atoms with van der Waals surface area (Å²) in [6.45, 7) is 4.35. The van der Waals surface area contributed by atoms with Crippen molar-refractivity contribution < 1.29 is 9.53 Å². The minimum Gasteiger partial charge on any atom is -0.446 e. The van der Waals surface area contributed by atoms with Gasteiger partial charge in [-0.1, -0.05) is 6.58 Å². The highest BCUT2D eigenvalue weighted by molar-refractivity contribution is 5.81. The van der Waals surface area contributed by atoms with Crippen LogP contribution in [-0.4, -0.2) is 50.3 Å². The van der Waals surface area contributed by atoms with Gasteiger partial charge in [-0.2, -0.15) is 0 Å². The average molecular weight is 172 g/mol. The number of ether oxygens (including phenoxy) is 1. The highest BCUT2D eigenvalue weighted by Crippen LogP contribution is 1.87. The van der Waals surface area contributed by atoms with Gasteiger partial charge in [-0.05, 0) is 21.1 Å². The second-order valence-electron chi connectivity index (χ2n) is 2.87. The molecule has 70 valence electrons. The van der Waals surface area contributed by atoms with Crippen molar-refractivity contribution in [2.24, 2.45) is 0 Å². The van der Waals surface area contributed by atoms with E-state index in [2.05, 4.69) is 6.58 Å². The van der Waals surface area contributed by atoms with Gasteiger partial charge in [0.15, 0.2) is 0 Å². The molecule has 0 unspecified atom stereocenters. The SMILES string of the molecule is C=CC(=O)OCN(C)CN(C)C. The lowest BCUT2D eigenvalue weighted by atomic mass is 10.7. The van der Waals surface area contributed by atoms with Crippen LogP contribution in [0.25, 0.3) is 0 Å². The maximum absolute atomic E-state index is 10.6. The van der Waals surface area contributed by atoms with Gasteiger partial charge in [0, 0.05) is 6.08 Å². The van der Waals surface area contributed by atoms with Crippen molar-refractivity contribution in [3.63, 3.8) is 0 Å². The van der Waals surface area contributed by atoms with Gasteiger partial charge in [-0.25, -0.2) is 4.79 Å². The minimum absolute atomic E-state index is 0.295. The fraction of sp³-hybridized carbons (Fsp3) is 0.625. The van der Waals surface area contributed by atoms with E-state index in [1.807, 2.05) is 30.9 Å². The molecular weight excluding hydrogens is 156 g/mol. The predicted octanol–water partition coefficient (Wildman–Crippen LogP) is 0.124. The summed E-state index contributed by atoms with van der Waals surface area (Å²) in [7, 11) is 5.77. The fourth-order valence-electron chi connectivity index (χ4n) is 0.756. The van der Waals surface area contributed by atoms with Gasteiger partial charge in [0.1, 0.15) is 6.73 Å². The maximum Gasteiger partial charge on any atom is 0.331 e. The quantitative estimate of drug-likeness (QED) is 0.335. The van der Waals surface area contributed by atoms with Crippen molar-refractivity contribution in [1.82, 2.24) is 9.80 Å². The van der Waals surface area contributed by atoms with E-state index in [0.717, 1.165) is 12.7 Å². The first kappa shape index (κ1) is 11.1. The zero-order valence-corrected chi connectivity index (χ0v) is 7.91. The van der Waals surface area contributed by atoms with Crippen molar-refractivity contribution in [1.29, 1.82) is 0 Å². The monoisotopic (exact) mass is 172 g/mol. The van der Waals surface area contributed by atoms with Crippen LogP contribution in [0.2, 0.25) is 0 Å². The molecule has 0 aliphatic carbocycles. The molecular formula is C8H16N2O2. The molecule has 4 heteroatoms. The number of nitrogens with zero attached hydrogens (tertiary/aromatic N) is 2. The van der Waals surface area contributed by atoms with Gasteiger partial charge in [-0.3, -0.25) is 9.80 Å². The molecule has 0 fully saturated rings. The Morgan fingerprint density at radius 1 is 1.50 bits per heavy atom. The summed E-state index contributed by atoms with van der Waals surface area (Å²) in [6, 6.07) is 0. The number of hydrogen-bond acceptors (Lipinski definition) is 4. The zero-order chi connectivity index (χ0) is 9.56. The van der Waals surface area contributed by atoms with Crippen LogP contribution >= 0.6 is 0 Å². The summed E-state index contributed by atoms with van der Waals surface area (Å²) in [6.07, 6.45) is 1.16. The number of carbonyl (C=O) groups is 1. The van der Waals surface area contributed by atoms with Crippen LogP contribution < -0.4 is 0 Å². The number of carbonyl (C=O) groups excluding carboxylic acids is 1. The third kappa shape index (κ3) is 5.88. The van der Waals surface area contributed by atoms with Crippen LogP contribution in [-0.2, 0) is 9.53 Å². The third-order valence-electron chi connectivity index (χ3n) is 1.12. The molecule has 0 atom stereocenters. The standard InChI is InChI=1S/C8H16N2O2/c1-5-8(11)12-7-10(4)6-9(2)3/h5H,1,6-7H2,2-4H3. The molecule has 4 nitrogen and oxygen atoms in total. The Labute approximate surface area is 73.4 Å². The molecule has 0 aromatic heterocycles. The largest absolute Gasteiger partial charge is 0.446 e. The van der Waals surface area contributed by atoms with E-state index >= 15 is 0 Å². The summed E-state index contributed by atoms with van der Waals surface area (Å²) in [5, 5.41) is 0. The Morgan fingerprint density at radius 3 is 2.50 bits per heavy atom. The van der Waals surface area contributed by atoms with E-state index in [1.54, 1.807) is 0 Å². The van der Waals surface area contributed by atoms with Gasteiger partial charge >= 0.3 is 5.97 Å². The third-order valence-corrected chi connectivity index (χ3v) is 1.12. The minimum atomic E-state index is -0.388. The van der Waals surface area contributed by atoms with Crippen molar-refractivity contribution in [3.8, 4) is 0 Å².